The van der Waals surface area contributed by atoms with E-state index in [0.29, 0.717) is 42.9 Å². The van der Waals surface area contributed by atoms with E-state index in [9.17, 15) is 4.79 Å². The molecule has 0 bridgehead atoms. The smallest absolute Gasteiger partial charge is 0.243 e. The van der Waals surface area contributed by atoms with Crippen LogP contribution in [0.2, 0.25) is 5.02 Å². The van der Waals surface area contributed by atoms with Gasteiger partial charge in [-0.15, -0.1) is 0 Å². The molecule has 0 radical (unpaired) electrons. The number of anilines is 3. The second-order valence-electron chi connectivity index (χ2n) is 8.28. The van der Waals surface area contributed by atoms with Crippen LogP contribution in [0.15, 0.2) is 55.4 Å². The van der Waals surface area contributed by atoms with E-state index >= 15 is 0 Å². The molecule has 2 unspecified atom stereocenters. The van der Waals surface area contributed by atoms with Gasteiger partial charge in [0.05, 0.1) is 48.7 Å². The number of methoxy groups -OCH3 is 1. The maximum Gasteiger partial charge on any atom is 0.243 e. The van der Waals surface area contributed by atoms with Crippen LogP contribution in [0.25, 0.3) is 11.3 Å². The Balaban J connectivity index is 1.46. The van der Waals surface area contributed by atoms with Crippen molar-refractivity contribution in [3.8, 4) is 17.0 Å². The van der Waals surface area contributed by atoms with Crippen molar-refractivity contribution in [2.75, 3.05) is 30.5 Å². The SMILES string of the molecule is C=CC(=O)NC1CCOCC1Nc1ncc2c(n1)-c1cccnc1N(c1cc(OC)ccc1Cl)C2. The van der Waals surface area contributed by atoms with Crippen LogP contribution in [0.3, 0.4) is 0 Å². The van der Waals surface area contributed by atoms with Crippen LogP contribution >= 0.6 is 11.6 Å². The molecule has 5 rings (SSSR count). The normalized spacial score (nSPS) is 18.7. The van der Waals surface area contributed by atoms with Gasteiger partial charge in [-0.3, -0.25) is 4.79 Å². The number of amides is 1. The first kappa shape index (κ1) is 23.1. The largest absolute Gasteiger partial charge is 0.497 e. The molecule has 1 fully saturated rings. The molecule has 35 heavy (non-hydrogen) atoms. The van der Waals surface area contributed by atoms with E-state index in [4.69, 9.17) is 26.1 Å². The minimum Gasteiger partial charge on any atom is -0.497 e. The van der Waals surface area contributed by atoms with E-state index in [1.165, 1.54) is 6.08 Å². The van der Waals surface area contributed by atoms with Gasteiger partial charge in [0.2, 0.25) is 11.9 Å². The zero-order valence-corrected chi connectivity index (χ0v) is 20.0. The molecule has 3 aromatic rings. The topological polar surface area (TPSA) is 102 Å². The van der Waals surface area contributed by atoms with Crippen LogP contribution in [0.1, 0.15) is 12.0 Å². The van der Waals surface area contributed by atoms with Crippen LogP contribution < -0.4 is 20.3 Å². The number of benzene rings is 1. The molecule has 0 spiro atoms. The van der Waals surface area contributed by atoms with Crippen molar-refractivity contribution in [3.63, 3.8) is 0 Å². The third-order valence-electron chi connectivity index (χ3n) is 6.12. The standard InChI is InChI=1S/C25H25ClN6O3/c1-3-22(33)29-19-8-10-35-14-20(19)30-25-28-12-15-13-32(21-11-16(34-2)6-7-18(21)26)24-17(23(15)31-25)5-4-9-27-24/h3-7,9,11-12,19-20H,1,8,10,13-14H2,2H3,(H,29,33)(H,28,30,31). The fraction of sp³-hybridized carbons (Fsp3) is 0.280. The number of rotatable bonds is 6. The molecule has 1 aromatic carbocycles. The van der Waals surface area contributed by atoms with Crippen LogP contribution in [-0.4, -0.2) is 53.3 Å². The summed E-state index contributed by atoms with van der Waals surface area (Å²) in [6, 6.07) is 9.10. The van der Waals surface area contributed by atoms with Crippen molar-refractivity contribution in [2.45, 2.75) is 25.0 Å². The number of pyridine rings is 1. The van der Waals surface area contributed by atoms with E-state index in [1.807, 2.05) is 41.4 Å². The third kappa shape index (κ3) is 4.65. The summed E-state index contributed by atoms with van der Waals surface area (Å²) in [4.78, 5) is 27.9. The van der Waals surface area contributed by atoms with E-state index in [1.54, 1.807) is 13.3 Å². The molecule has 10 heteroatoms. The molecule has 2 aliphatic heterocycles. The second kappa shape index (κ2) is 9.89. The maximum atomic E-state index is 11.9. The number of nitrogens with zero attached hydrogens (tertiary/aromatic N) is 4. The number of carbonyl (C=O) groups excluding carboxylic acids is 1. The van der Waals surface area contributed by atoms with E-state index in [-0.39, 0.29) is 18.0 Å². The van der Waals surface area contributed by atoms with Crippen molar-refractivity contribution in [1.82, 2.24) is 20.3 Å². The van der Waals surface area contributed by atoms with Gasteiger partial charge in [0.15, 0.2) is 0 Å². The molecular formula is C25H25ClN6O3. The summed E-state index contributed by atoms with van der Waals surface area (Å²) in [5, 5.41) is 6.89. The Labute approximate surface area is 208 Å². The Morgan fingerprint density at radius 3 is 3.03 bits per heavy atom. The quantitative estimate of drug-likeness (QED) is 0.502. The Morgan fingerprint density at radius 1 is 1.31 bits per heavy atom. The average molecular weight is 493 g/mol. The number of aromatic nitrogens is 3. The molecule has 0 saturated carbocycles. The summed E-state index contributed by atoms with van der Waals surface area (Å²) in [6.45, 7) is 5.04. The zero-order valence-electron chi connectivity index (χ0n) is 19.2. The summed E-state index contributed by atoms with van der Waals surface area (Å²) < 4.78 is 11.0. The van der Waals surface area contributed by atoms with Crippen molar-refractivity contribution >= 4 is 35.0 Å². The minimum atomic E-state index is -0.216. The summed E-state index contributed by atoms with van der Waals surface area (Å²) in [6.07, 6.45) is 5.51. The number of hydrogen-bond acceptors (Lipinski definition) is 8. The predicted octanol–water partition coefficient (Wildman–Crippen LogP) is 3.72. The monoisotopic (exact) mass is 492 g/mol. The van der Waals surface area contributed by atoms with Gasteiger partial charge < -0.3 is 25.0 Å². The Hall–Kier alpha value is -3.69. The van der Waals surface area contributed by atoms with Crippen molar-refractivity contribution in [1.29, 1.82) is 0 Å². The number of nitrogens with one attached hydrogen (secondary N) is 2. The minimum absolute atomic E-state index is 0.117. The molecular weight excluding hydrogens is 468 g/mol. The molecule has 2 N–H and O–H groups in total. The number of carbonyl (C=O) groups is 1. The van der Waals surface area contributed by atoms with E-state index < -0.39 is 0 Å². The van der Waals surface area contributed by atoms with Gasteiger partial charge in [-0.1, -0.05) is 18.2 Å². The molecule has 4 heterocycles. The first-order chi connectivity index (χ1) is 17.1. The first-order valence-corrected chi connectivity index (χ1v) is 11.6. The van der Waals surface area contributed by atoms with Gasteiger partial charge in [-0.2, -0.15) is 0 Å². The molecule has 1 amide bonds. The lowest BCUT2D eigenvalue weighted by Crippen LogP contribution is -2.52. The molecule has 180 valence electrons. The summed E-state index contributed by atoms with van der Waals surface area (Å²) in [7, 11) is 1.62. The van der Waals surface area contributed by atoms with Crippen LogP contribution in [0, 0.1) is 0 Å². The Kier molecular flexibility index (Phi) is 6.52. The number of halogens is 1. The second-order valence-corrected chi connectivity index (χ2v) is 8.69. The van der Waals surface area contributed by atoms with Crippen molar-refractivity contribution < 1.29 is 14.3 Å². The summed E-state index contributed by atoms with van der Waals surface area (Å²) in [5.74, 6) is 1.69. The van der Waals surface area contributed by atoms with Crippen molar-refractivity contribution in [3.05, 3.63) is 66.0 Å². The summed E-state index contributed by atoms with van der Waals surface area (Å²) in [5.41, 5.74) is 3.39. The molecule has 9 nitrogen and oxygen atoms in total. The average Bonchev–Trinajstić information content (AvgIpc) is 2.89. The number of hydrogen-bond donors (Lipinski definition) is 2. The van der Waals surface area contributed by atoms with Gasteiger partial charge in [0.25, 0.3) is 0 Å². The molecule has 1 saturated heterocycles. The lowest BCUT2D eigenvalue weighted by atomic mass is 10.0. The predicted molar refractivity (Wildman–Crippen MR) is 134 cm³/mol. The lowest BCUT2D eigenvalue weighted by Gasteiger charge is -2.33. The summed E-state index contributed by atoms with van der Waals surface area (Å²) >= 11 is 6.56. The Bertz CT molecular complexity index is 1270. The fourth-order valence-corrected chi connectivity index (χ4v) is 4.57. The van der Waals surface area contributed by atoms with Crippen molar-refractivity contribution in [2.24, 2.45) is 0 Å². The van der Waals surface area contributed by atoms with Gasteiger partial charge in [-0.25, -0.2) is 15.0 Å². The van der Waals surface area contributed by atoms with Crippen LogP contribution in [-0.2, 0) is 16.1 Å². The highest BCUT2D eigenvalue weighted by atomic mass is 35.5. The maximum absolute atomic E-state index is 11.9. The number of fused-ring (bicyclic) bond motifs is 3. The molecule has 2 aliphatic rings. The third-order valence-corrected chi connectivity index (χ3v) is 6.44. The zero-order chi connectivity index (χ0) is 24.4. The van der Waals surface area contributed by atoms with E-state index in [2.05, 4.69) is 27.2 Å². The van der Waals surface area contributed by atoms with Crippen LogP contribution in [0.4, 0.5) is 17.5 Å². The first-order valence-electron chi connectivity index (χ1n) is 11.3. The van der Waals surface area contributed by atoms with E-state index in [0.717, 1.165) is 28.3 Å². The Morgan fingerprint density at radius 2 is 2.20 bits per heavy atom. The molecule has 2 aromatic heterocycles. The highest BCUT2D eigenvalue weighted by Crippen LogP contribution is 2.43. The number of ether oxygens (including phenoxy) is 2. The van der Waals surface area contributed by atoms with Gasteiger partial charge in [0, 0.05) is 36.2 Å². The highest BCUT2D eigenvalue weighted by molar-refractivity contribution is 6.33. The molecule has 0 aliphatic carbocycles. The van der Waals surface area contributed by atoms with Gasteiger partial charge in [-0.05, 0) is 36.8 Å². The highest BCUT2D eigenvalue weighted by Gasteiger charge is 2.30. The fourth-order valence-electron chi connectivity index (χ4n) is 4.35. The molecule has 2 atom stereocenters. The van der Waals surface area contributed by atoms with Gasteiger partial charge in [0.1, 0.15) is 11.6 Å². The lowest BCUT2D eigenvalue weighted by molar-refractivity contribution is -0.117. The van der Waals surface area contributed by atoms with Gasteiger partial charge >= 0.3 is 0 Å². The van der Waals surface area contributed by atoms with Crippen LogP contribution in [0.5, 0.6) is 5.75 Å².